The Bertz CT molecular complexity index is 1100. The molecule has 0 spiro atoms. The smallest absolute Gasteiger partial charge is 0.349 e. The molecule has 2 heterocycles. The molecular weight excluding hydrogens is 420 g/mol. The van der Waals surface area contributed by atoms with E-state index in [1.165, 1.54) is 17.5 Å². The van der Waals surface area contributed by atoms with Crippen LogP contribution in [0.15, 0.2) is 63.2 Å². The summed E-state index contributed by atoms with van der Waals surface area (Å²) in [5.41, 5.74) is 2.04. The number of nitrogens with one attached hydrogen (secondary N) is 2. The third kappa shape index (κ3) is 5.02. The van der Waals surface area contributed by atoms with Gasteiger partial charge in [0.2, 0.25) is 0 Å². The molecule has 0 saturated heterocycles. The molecule has 0 aliphatic heterocycles. The monoisotopic (exact) mass is 436 g/mol. The molecule has 29 heavy (non-hydrogen) atoms. The zero-order chi connectivity index (χ0) is 20.9. The van der Waals surface area contributed by atoms with Crippen LogP contribution < -0.4 is 15.0 Å². The minimum Gasteiger partial charge on any atom is -0.486 e. The van der Waals surface area contributed by atoms with E-state index in [-0.39, 0.29) is 22.1 Å². The number of carbonyl (C=O) groups excluding carboxylic acids is 2. The number of amides is 1. The summed E-state index contributed by atoms with van der Waals surface area (Å²) in [5, 5.41) is 1.42. The van der Waals surface area contributed by atoms with Crippen molar-refractivity contribution in [2.24, 2.45) is 0 Å². The summed E-state index contributed by atoms with van der Waals surface area (Å²) in [6.45, 7) is 0.0976. The van der Waals surface area contributed by atoms with Crippen molar-refractivity contribution >= 4 is 33.2 Å². The number of hydrazine groups is 1. The fourth-order valence-electron chi connectivity index (χ4n) is 2.23. The molecule has 152 valence electrons. The standard InChI is InChI=1S/C18H16N2O7S2/c1-25-18(22)16-15(9-10-28-16)29(23,24)20-19-17(21)14-8-7-13(27-14)11-26-12-5-3-2-4-6-12/h2-10,20H,11H2,1H3,(H,19,21). The molecule has 2 aromatic heterocycles. The third-order valence-electron chi connectivity index (χ3n) is 3.60. The van der Waals surface area contributed by atoms with Crippen molar-refractivity contribution in [2.45, 2.75) is 11.5 Å². The fraction of sp³-hybridized carbons (Fsp3) is 0.111. The first kappa shape index (κ1) is 20.6. The zero-order valence-corrected chi connectivity index (χ0v) is 16.7. The molecule has 0 atom stereocenters. The zero-order valence-electron chi connectivity index (χ0n) is 15.1. The van der Waals surface area contributed by atoms with Gasteiger partial charge in [0.25, 0.3) is 10.0 Å². The molecule has 2 N–H and O–H groups in total. The predicted octanol–water partition coefficient (Wildman–Crippen LogP) is 2.33. The maximum Gasteiger partial charge on any atom is 0.349 e. The normalized spacial score (nSPS) is 11.1. The summed E-state index contributed by atoms with van der Waals surface area (Å²) < 4.78 is 40.1. The predicted molar refractivity (Wildman–Crippen MR) is 103 cm³/mol. The van der Waals surface area contributed by atoms with Crippen molar-refractivity contribution in [3.8, 4) is 5.75 Å². The Hall–Kier alpha value is -3.15. The number of hydrogen-bond acceptors (Lipinski definition) is 8. The molecule has 11 heteroatoms. The minimum atomic E-state index is -4.18. The number of thiophene rings is 1. The summed E-state index contributed by atoms with van der Waals surface area (Å²) >= 11 is 0.908. The van der Waals surface area contributed by atoms with Gasteiger partial charge < -0.3 is 13.9 Å². The van der Waals surface area contributed by atoms with Gasteiger partial charge in [-0.2, -0.15) is 0 Å². The fourth-order valence-corrected chi connectivity index (χ4v) is 4.40. The van der Waals surface area contributed by atoms with Crippen molar-refractivity contribution in [3.05, 3.63) is 70.3 Å². The Kier molecular flexibility index (Phi) is 6.32. The maximum absolute atomic E-state index is 12.4. The van der Waals surface area contributed by atoms with E-state index in [0.717, 1.165) is 18.4 Å². The number of methoxy groups -OCH3 is 1. The first-order valence-corrected chi connectivity index (χ1v) is 10.5. The van der Waals surface area contributed by atoms with E-state index in [1.807, 2.05) is 28.5 Å². The van der Waals surface area contributed by atoms with Crippen molar-refractivity contribution in [1.29, 1.82) is 0 Å². The minimum absolute atomic E-state index is 0.0976. The number of esters is 1. The summed E-state index contributed by atoms with van der Waals surface area (Å²) in [6, 6.07) is 13.2. The molecule has 3 rings (SSSR count). The number of para-hydroxylation sites is 1. The van der Waals surface area contributed by atoms with Gasteiger partial charge in [0.1, 0.15) is 27.9 Å². The van der Waals surface area contributed by atoms with Crippen molar-refractivity contribution in [2.75, 3.05) is 7.11 Å². The molecule has 1 amide bonds. The summed E-state index contributed by atoms with van der Waals surface area (Å²) in [4.78, 5) is 25.3. The summed E-state index contributed by atoms with van der Waals surface area (Å²) in [7, 11) is -3.04. The van der Waals surface area contributed by atoms with Crippen LogP contribution in [0.3, 0.4) is 0 Å². The first-order chi connectivity index (χ1) is 13.9. The number of sulfonamides is 1. The summed E-state index contributed by atoms with van der Waals surface area (Å²) in [5.74, 6) is -0.694. The van der Waals surface area contributed by atoms with Crippen LogP contribution in [0, 0.1) is 0 Å². The Labute approximate surface area is 170 Å². The van der Waals surface area contributed by atoms with Crippen LogP contribution in [0.25, 0.3) is 0 Å². The lowest BCUT2D eigenvalue weighted by Gasteiger charge is -2.07. The van der Waals surface area contributed by atoms with Gasteiger partial charge in [-0.3, -0.25) is 10.2 Å². The topological polar surface area (TPSA) is 124 Å². The average Bonchev–Trinajstić information content (AvgIpc) is 3.41. The van der Waals surface area contributed by atoms with Gasteiger partial charge in [-0.05, 0) is 35.7 Å². The Morgan fingerprint density at radius 2 is 1.86 bits per heavy atom. The molecular formula is C18H16N2O7S2. The molecule has 0 fully saturated rings. The van der Waals surface area contributed by atoms with E-state index < -0.39 is 21.9 Å². The molecule has 1 aromatic carbocycles. The quantitative estimate of drug-likeness (QED) is 0.410. The molecule has 0 bridgehead atoms. The Morgan fingerprint density at radius 1 is 1.10 bits per heavy atom. The molecule has 0 radical (unpaired) electrons. The molecule has 0 saturated carbocycles. The molecule has 9 nitrogen and oxygen atoms in total. The number of rotatable bonds is 8. The second-order valence-corrected chi connectivity index (χ2v) is 8.10. The lowest BCUT2D eigenvalue weighted by molar-refractivity contribution is 0.0602. The third-order valence-corrected chi connectivity index (χ3v) is 5.91. The van der Waals surface area contributed by atoms with Crippen molar-refractivity contribution in [1.82, 2.24) is 10.3 Å². The van der Waals surface area contributed by atoms with Crippen LogP contribution in [0.5, 0.6) is 5.75 Å². The van der Waals surface area contributed by atoms with Gasteiger partial charge in [0, 0.05) is 0 Å². The van der Waals surface area contributed by atoms with E-state index >= 15 is 0 Å². The lowest BCUT2D eigenvalue weighted by Crippen LogP contribution is -2.41. The summed E-state index contributed by atoms with van der Waals surface area (Å²) in [6.07, 6.45) is 0. The van der Waals surface area contributed by atoms with Crippen LogP contribution in [0.1, 0.15) is 26.0 Å². The van der Waals surface area contributed by atoms with Crippen LogP contribution >= 0.6 is 11.3 Å². The van der Waals surface area contributed by atoms with E-state index in [4.69, 9.17) is 9.15 Å². The maximum atomic E-state index is 12.4. The van der Waals surface area contributed by atoms with Crippen molar-refractivity contribution < 1.29 is 31.9 Å². The van der Waals surface area contributed by atoms with Gasteiger partial charge in [0.15, 0.2) is 5.76 Å². The van der Waals surface area contributed by atoms with Gasteiger partial charge in [-0.15, -0.1) is 16.2 Å². The molecule has 3 aromatic rings. The first-order valence-electron chi connectivity index (χ1n) is 8.15. The number of carbonyl (C=O) groups is 2. The highest BCUT2D eigenvalue weighted by Crippen LogP contribution is 2.22. The second-order valence-electron chi connectivity index (χ2n) is 5.53. The second kappa shape index (κ2) is 8.90. The molecule has 0 aliphatic rings. The van der Waals surface area contributed by atoms with E-state index in [9.17, 15) is 18.0 Å². The Balaban J connectivity index is 1.60. The highest BCUT2D eigenvalue weighted by atomic mass is 32.2. The van der Waals surface area contributed by atoms with Gasteiger partial charge in [0.05, 0.1) is 7.11 Å². The number of furan rings is 1. The van der Waals surface area contributed by atoms with E-state index in [1.54, 1.807) is 18.2 Å². The van der Waals surface area contributed by atoms with Crippen LogP contribution in [-0.4, -0.2) is 27.4 Å². The van der Waals surface area contributed by atoms with Crippen LogP contribution in [0.2, 0.25) is 0 Å². The highest BCUT2D eigenvalue weighted by molar-refractivity contribution is 7.89. The number of ether oxygens (including phenoxy) is 2. The average molecular weight is 436 g/mol. The van der Waals surface area contributed by atoms with E-state index in [0.29, 0.717) is 11.5 Å². The van der Waals surface area contributed by atoms with Gasteiger partial charge in [-0.1, -0.05) is 18.2 Å². The Morgan fingerprint density at radius 3 is 2.59 bits per heavy atom. The van der Waals surface area contributed by atoms with Crippen molar-refractivity contribution in [3.63, 3.8) is 0 Å². The number of benzene rings is 1. The highest BCUT2D eigenvalue weighted by Gasteiger charge is 2.25. The SMILES string of the molecule is COC(=O)c1sccc1S(=O)(=O)NNC(=O)c1ccc(COc2ccccc2)o1. The van der Waals surface area contributed by atoms with Gasteiger partial charge >= 0.3 is 11.9 Å². The molecule has 0 aliphatic carbocycles. The van der Waals surface area contributed by atoms with E-state index in [2.05, 4.69) is 4.74 Å². The van der Waals surface area contributed by atoms with Crippen LogP contribution in [0.4, 0.5) is 0 Å². The van der Waals surface area contributed by atoms with Crippen LogP contribution in [-0.2, 0) is 21.4 Å². The molecule has 0 unspecified atom stereocenters. The number of hydrogen-bond donors (Lipinski definition) is 2. The van der Waals surface area contributed by atoms with Gasteiger partial charge in [-0.25, -0.2) is 13.2 Å². The largest absolute Gasteiger partial charge is 0.486 e. The lowest BCUT2D eigenvalue weighted by atomic mass is 10.3.